The van der Waals surface area contributed by atoms with Crippen LogP contribution >= 0.6 is 22.9 Å². The van der Waals surface area contributed by atoms with Crippen LogP contribution in [0, 0.1) is 0 Å². The van der Waals surface area contributed by atoms with Crippen molar-refractivity contribution in [3.63, 3.8) is 0 Å². The Morgan fingerprint density at radius 1 is 1.33 bits per heavy atom. The van der Waals surface area contributed by atoms with Gasteiger partial charge in [-0.15, -0.1) is 11.3 Å². The van der Waals surface area contributed by atoms with Crippen LogP contribution in [0.2, 0.25) is 4.34 Å². The van der Waals surface area contributed by atoms with Crippen molar-refractivity contribution >= 4 is 28.8 Å². The predicted molar refractivity (Wildman–Crippen MR) is 74.6 cm³/mol. The van der Waals surface area contributed by atoms with Gasteiger partial charge in [-0.2, -0.15) is 4.98 Å². The first-order valence-electron chi connectivity index (χ1n) is 5.87. The third-order valence-corrected chi connectivity index (χ3v) is 4.25. The van der Waals surface area contributed by atoms with Gasteiger partial charge in [0.15, 0.2) is 0 Å². The number of nitrogens with zero attached hydrogens (tertiary/aromatic N) is 1. The molecule has 4 nitrogen and oxygen atoms in total. The van der Waals surface area contributed by atoms with Gasteiger partial charge in [0.25, 0.3) is 0 Å². The zero-order valence-corrected chi connectivity index (χ0v) is 11.2. The van der Waals surface area contributed by atoms with Crippen LogP contribution in [0.15, 0.2) is 16.9 Å². The van der Waals surface area contributed by atoms with Gasteiger partial charge in [0, 0.05) is 12.1 Å². The highest BCUT2D eigenvalue weighted by Crippen LogP contribution is 2.34. The van der Waals surface area contributed by atoms with E-state index in [1.165, 1.54) is 11.3 Å². The fourth-order valence-corrected chi connectivity index (χ4v) is 3.25. The van der Waals surface area contributed by atoms with E-state index in [1.54, 1.807) is 0 Å². The third-order valence-electron chi connectivity index (χ3n) is 3.00. The Morgan fingerprint density at radius 3 is 3.00 bits per heavy atom. The largest absolute Gasteiger partial charge is 0.370 e. The molecule has 1 aliphatic rings. The maximum absolute atomic E-state index is 11.6. The maximum atomic E-state index is 11.6. The zero-order valence-electron chi connectivity index (χ0n) is 9.62. The van der Waals surface area contributed by atoms with Crippen molar-refractivity contribution in [1.82, 2.24) is 9.97 Å². The molecule has 2 N–H and O–H groups in total. The summed E-state index contributed by atoms with van der Waals surface area (Å²) < 4.78 is 0.720. The minimum Gasteiger partial charge on any atom is -0.370 e. The molecule has 18 heavy (non-hydrogen) atoms. The molecule has 1 aliphatic heterocycles. The Hall–Kier alpha value is -1.33. The predicted octanol–water partition coefficient (Wildman–Crippen LogP) is 2.90. The first kappa shape index (κ1) is 11.7. The van der Waals surface area contributed by atoms with Crippen molar-refractivity contribution < 1.29 is 0 Å². The Balaban J connectivity index is 2.19. The molecule has 0 saturated carbocycles. The van der Waals surface area contributed by atoms with Gasteiger partial charge in [-0.3, -0.25) is 0 Å². The number of anilines is 1. The maximum Gasteiger partial charge on any atom is 0.347 e. The normalized spacial score (nSPS) is 14.7. The van der Waals surface area contributed by atoms with E-state index in [-0.39, 0.29) is 5.69 Å². The highest BCUT2D eigenvalue weighted by atomic mass is 35.5. The zero-order chi connectivity index (χ0) is 12.5. The Morgan fingerprint density at radius 2 is 2.22 bits per heavy atom. The minimum absolute atomic E-state index is 0.317. The summed E-state index contributed by atoms with van der Waals surface area (Å²) in [5.41, 5.74) is 1.63. The van der Waals surface area contributed by atoms with Crippen LogP contribution in [-0.4, -0.2) is 16.5 Å². The van der Waals surface area contributed by atoms with Gasteiger partial charge in [-0.25, -0.2) is 4.79 Å². The molecule has 3 heterocycles. The molecule has 0 saturated heterocycles. The van der Waals surface area contributed by atoms with Crippen LogP contribution in [0.25, 0.3) is 10.6 Å². The van der Waals surface area contributed by atoms with Crippen molar-refractivity contribution in [2.45, 2.75) is 19.3 Å². The molecule has 0 fully saturated rings. The number of hydrogen-bond acceptors (Lipinski definition) is 4. The third kappa shape index (κ3) is 2.15. The second-order valence-electron chi connectivity index (χ2n) is 4.23. The number of nitrogens with one attached hydrogen (secondary N) is 2. The van der Waals surface area contributed by atoms with Crippen LogP contribution in [0.5, 0.6) is 0 Å². The molecule has 0 radical (unpaired) electrons. The van der Waals surface area contributed by atoms with E-state index in [9.17, 15) is 4.79 Å². The summed E-state index contributed by atoms with van der Waals surface area (Å²) in [6.07, 6.45) is 3.12. The van der Waals surface area contributed by atoms with Gasteiger partial charge in [-0.05, 0) is 31.4 Å². The van der Waals surface area contributed by atoms with Crippen molar-refractivity contribution in [3.8, 4) is 10.6 Å². The molecule has 2 aromatic heterocycles. The molecule has 0 spiro atoms. The standard InChI is InChI=1S/C12H12ClN3OS/c13-9-5-4-8(18-9)10-7-3-1-2-6-14-11(7)16-12(17)15-10/h4-5H,1-3,6H2,(H2,14,15,16,17). The second kappa shape index (κ2) is 4.74. The minimum atomic E-state index is -0.317. The Labute approximate surface area is 113 Å². The topological polar surface area (TPSA) is 57.8 Å². The van der Waals surface area contributed by atoms with Gasteiger partial charge < -0.3 is 10.3 Å². The van der Waals surface area contributed by atoms with E-state index in [1.807, 2.05) is 12.1 Å². The lowest BCUT2D eigenvalue weighted by molar-refractivity contribution is 0.785. The fraction of sp³-hybridized carbons (Fsp3) is 0.333. The van der Waals surface area contributed by atoms with Crippen LogP contribution in [0.1, 0.15) is 18.4 Å². The van der Waals surface area contributed by atoms with E-state index < -0.39 is 0 Å². The summed E-state index contributed by atoms with van der Waals surface area (Å²) in [4.78, 5) is 19.5. The molecule has 0 unspecified atom stereocenters. The summed E-state index contributed by atoms with van der Waals surface area (Å²) in [7, 11) is 0. The van der Waals surface area contributed by atoms with E-state index in [2.05, 4.69) is 15.3 Å². The fourth-order valence-electron chi connectivity index (χ4n) is 2.18. The lowest BCUT2D eigenvalue weighted by atomic mass is 10.1. The van der Waals surface area contributed by atoms with Crippen molar-refractivity contribution in [2.75, 3.05) is 11.9 Å². The van der Waals surface area contributed by atoms with Crippen LogP contribution in [0.3, 0.4) is 0 Å². The lowest BCUT2D eigenvalue weighted by Crippen LogP contribution is -2.16. The number of aromatic nitrogens is 2. The summed E-state index contributed by atoms with van der Waals surface area (Å²) in [6.45, 7) is 0.869. The molecule has 94 valence electrons. The van der Waals surface area contributed by atoms with Crippen molar-refractivity contribution in [3.05, 3.63) is 32.5 Å². The molecule has 6 heteroatoms. The van der Waals surface area contributed by atoms with Crippen LogP contribution in [0.4, 0.5) is 5.82 Å². The highest BCUT2D eigenvalue weighted by Gasteiger charge is 2.17. The molecule has 2 aromatic rings. The first-order chi connectivity index (χ1) is 8.74. The number of fused-ring (bicyclic) bond motifs is 1. The van der Waals surface area contributed by atoms with Gasteiger partial charge in [0.2, 0.25) is 0 Å². The summed E-state index contributed by atoms with van der Waals surface area (Å²) >= 11 is 7.43. The van der Waals surface area contributed by atoms with Gasteiger partial charge in [0.05, 0.1) is 14.9 Å². The van der Waals surface area contributed by atoms with Crippen molar-refractivity contribution in [2.24, 2.45) is 0 Å². The molecule has 3 rings (SSSR count). The number of rotatable bonds is 1. The molecule has 0 aromatic carbocycles. The number of thiophene rings is 1. The molecule has 0 atom stereocenters. The van der Waals surface area contributed by atoms with Crippen LogP contribution < -0.4 is 11.0 Å². The Bertz CT molecular complexity index is 634. The van der Waals surface area contributed by atoms with E-state index in [4.69, 9.17) is 11.6 Å². The quantitative estimate of drug-likeness (QED) is 0.845. The van der Waals surface area contributed by atoms with E-state index >= 15 is 0 Å². The number of hydrogen-bond donors (Lipinski definition) is 2. The summed E-state index contributed by atoms with van der Waals surface area (Å²) in [5, 5.41) is 3.22. The average molecular weight is 282 g/mol. The lowest BCUT2D eigenvalue weighted by Gasteiger charge is -2.09. The molecular weight excluding hydrogens is 270 g/mol. The van der Waals surface area contributed by atoms with E-state index in [0.717, 1.165) is 52.1 Å². The Kier molecular flexibility index (Phi) is 3.09. The second-order valence-corrected chi connectivity index (χ2v) is 5.95. The molecule has 0 bridgehead atoms. The molecule has 0 amide bonds. The molecular formula is C12H12ClN3OS. The SMILES string of the molecule is O=c1nc2c(c(-c3ccc(Cl)s3)[nH]1)CCCCN2. The smallest absolute Gasteiger partial charge is 0.347 e. The first-order valence-corrected chi connectivity index (χ1v) is 7.06. The summed E-state index contributed by atoms with van der Waals surface area (Å²) in [5.74, 6) is 0.718. The van der Waals surface area contributed by atoms with E-state index in [0.29, 0.717) is 0 Å². The molecule has 0 aliphatic carbocycles. The number of aromatic amines is 1. The summed E-state index contributed by atoms with van der Waals surface area (Å²) in [6, 6.07) is 3.78. The van der Waals surface area contributed by atoms with Gasteiger partial charge in [-0.1, -0.05) is 11.6 Å². The highest BCUT2D eigenvalue weighted by molar-refractivity contribution is 7.19. The monoisotopic (exact) mass is 281 g/mol. The van der Waals surface area contributed by atoms with Gasteiger partial charge in [0.1, 0.15) is 5.82 Å². The number of H-pyrrole nitrogens is 1. The van der Waals surface area contributed by atoms with Gasteiger partial charge >= 0.3 is 5.69 Å². The van der Waals surface area contributed by atoms with Crippen LogP contribution in [-0.2, 0) is 6.42 Å². The van der Waals surface area contributed by atoms with Crippen molar-refractivity contribution in [1.29, 1.82) is 0 Å². The average Bonchev–Trinajstić information content (AvgIpc) is 2.63. The number of halogens is 1.